The minimum Gasteiger partial charge on any atom is -0.396 e. The van der Waals surface area contributed by atoms with Crippen LogP contribution in [0.4, 0.5) is 0 Å². The first-order valence-electron chi connectivity index (χ1n) is 9.22. The average molecular weight is 375 g/mol. The number of aliphatic hydroxyl groups is 1. The van der Waals surface area contributed by atoms with Crippen LogP contribution in [-0.4, -0.2) is 33.2 Å². The number of nitrogens with zero attached hydrogens (tertiary/aromatic N) is 1. The Labute approximate surface area is 157 Å². The molecular formula is C19H25N3O3S. The van der Waals surface area contributed by atoms with Crippen molar-refractivity contribution in [2.24, 2.45) is 5.92 Å². The lowest BCUT2D eigenvalue weighted by Crippen LogP contribution is -2.41. The molecule has 7 heteroatoms. The summed E-state index contributed by atoms with van der Waals surface area (Å²) in [7, 11) is 0. The van der Waals surface area contributed by atoms with E-state index in [0.29, 0.717) is 15.7 Å². The second kappa shape index (κ2) is 8.60. The van der Waals surface area contributed by atoms with Crippen molar-refractivity contribution in [2.75, 3.05) is 6.61 Å². The molecule has 6 nitrogen and oxygen atoms in total. The van der Waals surface area contributed by atoms with E-state index in [1.165, 1.54) is 4.57 Å². The normalized spacial score (nSPS) is 20.7. The Bertz CT molecular complexity index is 889. The van der Waals surface area contributed by atoms with Crippen LogP contribution in [0.2, 0.25) is 0 Å². The molecule has 0 bridgehead atoms. The van der Waals surface area contributed by atoms with Crippen molar-refractivity contribution >= 4 is 29.0 Å². The van der Waals surface area contributed by atoms with Gasteiger partial charge in [-0.3, -0.25) is 14.2 Å². The number of rotatable bonds is 5. The average Bonchev–Trinajstić information content (AvgIpc) is 2.86. The number of benzene rings is 1. The highest BCUT2D eigenvalue weighted by Gasteiger charge is 2.24. The molecule has 0 spiro atoms. The zero-order valence-electron chi connectivity index (χ0n) is 14.7. The van der Waals surface area contributed by atoms with Crippen molar-refractivity contribution in [3.8, 4) is 0 Å². The lowest BCUT2D eigenvalue weighted by molar-refractivity contribution is -0.122. The molecule has 1 saturated carbocycles. The molecule has 1 aliphatic carbocycles. The van der Waals surface area contributed by atoms with Gasteiger partial charge in [0.05, 0.1) is 10.9 Å². The van der Waals surface area contributed by atoms with Gasteiger partial charge in [0.15, 0.2) is 4.77 Å². The SMILES string of the molecule is O=C(CCn1c(=S)[nH]c2ccccc2c1=O)N[C@@H]1CCCCC[C@H]1CO. The summed E-state index contributed by atoms with van der Waals surface area (Å²) in [5.41, 5.74) is 0.521. The molecule has 3 rings (SSSR count). The van der Waals surface area contributed by atoms with Crippen LogP contribution in [0.1, 0.15) is 38.5 Å². The van der Waals surface area contributed by atoms with E-state index in [0.717, 1.165) is 32.1 Å². The van der Waals surface area contributed by atoms with Crippen molar-refractivity contribution in [3.05, 3.63) is 39.4 Å². The zero-order chi connectivity index (χ0) is 18.5. The maximum Gasteiger partial charge on any atom is 0.262 e. The van der Waals surface area contributed by atoms with Gasteiger partial charge in [0, 0.05) is 31.5 Å². The largest absolute Gasteiger partial charge is 0.396 e. The first kappa shape index (κ1) is 18.8. The highest BCUT2D eigenvalue weighted by atomic mass is 32.1. The molecule has 1 aromatic heterocycles. The Kier molecular flexibility index (Phi) is 6.21. The number of carbonyl (C=O) groups is 1. The van der Waals surface area contributed by atoms with Gasteiger partial charge in [-0.25, -0.2) is 0 Å². The molecule has 0 aliphatic heterocycles. The molecule has 1 fully saturated rings. The van der Waals surface area contributed by atoms with E-state index in [1.54, 1.807) is 12.1 Å². The van der Waals surface area contributed by atoms with Gasteiger partial charge in [0.25, 0.3) is 5.56 Å². The summed E-state index contributed by atoms with van der Waals surface area (Å²) < 4.78 is 1.76. The highest BCUT2D eigenvalue weighted by molar-refractivity contribution is 7.71. The van der Waals surface area contributed by atoms with Crippen LogP contribution in [-0.2, 0) is 11.3 Å². The van der Waals surface area contributed by atoms with Gasteiger partial charge in [-0.05, 0) is 37.2 Å². The smallest absolute Gasteiger partial charge is 0.262 e. The van der Waals surface area contributed by atoms with Gasteiger partial charge in [-0.15, -0.1) is 0 Å². The summed E-state index contributed by atoms with van der Waals surface area (Å²) in [6.07, 6.45) is 5.33. The molecule has 1 amide bonds. The summed E-state index contributed by atoms with van der Waals surface area (Å²) in [4.78, 5) is 28.0. The molecule has 3 N–H and O–H groups in total. The van der Waals surface area contributed by atoms with Crippen molar-refractivity contribution in [3.63, 3.8) is 0 Å². The maximum absolute atomic E-state index is 12.6. The number of H-pyrrole nitrogens is 1. The first-order chi connectivity index (χ1) is 12.6. The Morgan fingerprint density at radius 1 is 1.27 bits per heavy atom. The van der Waals surface area contributed by atoms with E-state index in [9.17, 15) is 14.7 Å². The molecule has 0 radical (unpaired) electrons. The first-order valence-corrected chi connectivity index (χ1v) is 9.63. The number of para-hydroxylation sites is 1. The molecule has 1 aliphatic rings. The molecule has 2 aromatic rings. The fourth-order valence-corrected chi connectivity index (χ4v) is 3.97. The van der Waals surface area contributed by atoms with Crippen molar-refractivity contribution in [1.82, 2.24) is 14.9 Å². The summed E-state index contributed by atoms with van der Waals surface area (Å²) in [5.74, 6) is 0.0116. The number of fused-ring (bicyclic) bond motifs is 1. The van der Waals surface area contributed by atoms with E-state index in [2.05, 4.69) is 10.3 Å². The van der Waals surface area contributed by atoms with Crippen molar-refractivity contribution in [2.45, 2.75) is 51.1 Å². The van der Waals surface area contributed by atoms with E-state index in [-0.39, 0.29) is 43.0 Å². The molecule has 1 heterocycles. The van der Waals surface area contributed by atoms with E-state index in [4.69, 9.17) is 12.2 Å². The van der Waals surface area contributed by atoms with Gasteiger partial charge < -0.3 is 15.4 Å². The number of nitrogens with one attached hydrogen (secondary N) is 2. The molecule has 140 valence electrons. The third kappa shape index (κ3) is 4.22. The standard InChI is InChI=1S/C19H25N3O3S/c23-12-13-6-2-1-3-8-15(13)20-17(24)10-11-22-18(25)14-7-4-5-9-16(14)21-19(22)26/h4-5,7,9,13,15,23H,1-3,6,8,10-12H2,(H,20,24)(H,21,26)/t13-,15+/m0/s1. The number of aliphatic hydroxyl groups excluding tert-OH is 1. The van der Waals surface area contributed by atoms with Gasteiger partial charge in [-0.2, -0.15) is 0 Å². The van der Waals surface area contributed by atoms with Crippen LogP contribution >= 0.6 is 12.2 Å². The number of aromatic nitrogens is 2. The molecular weight excluding hydrogens is 350 g/mol. The lowest BCUT2D eigenvalue weighted by Gasteiger charge is -2.24. The summed E-state index contributed by atoms with van der Waals surface area (Å²) in [6, 6.07) is 7.22. The van der Waals surface area contributed by atoms with Crippen molar-refractivity contribution in [1.29, 1.82) is 0 Å². The lowest BCUT2D eigenvalue weighted by atomic mass is 9.95. The molecule has 0 saturated heterocycles. The maximum atomic E-state index is 12.6. The topological polar surface area (TPSA) is 87.1 Å². The van der Waals surface area contributed by atoms with E-state index in [1.807, 2.05) is 12.1 Å². The van der Waals surface area contributed by atoms with Crippen LogP contribution in [0.5, 0.6) is 0 Å². The third-order valence-corrected chi connectivity index (χ3v) is 5.51. The number of aromatic amines is 1. The molecule has 1 aromatic carbocycles. The Hall–Kier alpha value is -1.99. The van der Waals surface area contributed by atoms with Gasteiger partial charge in [-0.1, -0.05) is 31.4 Å². The van der Waals surface area contributed by atoms with Crippen LogP contribution in [0.15, 0.2) is 29.1 Å². The van der Waals surface area contributed by atoms with E-state index >= 15 is 0 Å². The Morgan fingerprint density at radius 3 is 2.85 bits per heavy atom. The van der Waals surface area contributed by atoms with Gasteiger partial charge in [0.1, 0.15) is 0 Å². The summed E-state index contributed by atoms with van der Waals surface area (Å²) in [6.45, 7) is 0.335. The Balaban J connectivity index is 1.69. The minimum atomic E-state index is -0.181. The number of amides is 1. The second-order valence-corrected chi connectivity index (χ2v) is 7.32. The minimum absolute atomic E-state index is 0.0119. The fraction of sp³-hybridized carbons (Fsp3) is 0.526. The number of hydrogen-bond acceptors (Lipinski definition) is 4. The Morgan fingerprint density at radius 2 is 2.04 bits per heavy atom. The van der Waals surface area contributed by atoms with Crippen LogP contribution < -0.4 is 10.9 Å². The zero-order valence-corrected chi connectivity index (χ0v) is 15.6. The van der Waals surface area contributed by atoms with Gasteiger partial charge in [0.2, 0.25) is 5.91 Å². The summed E-state index contributed by atoms with van der Waals surface area (Å²) >= 11 is 5.28. The monoisotopic (exact) mass is 375 g/mol. The van der Waals surface area contributed by atoms with E-state index < -0.39 is 0 Å². The predicted molar refractivity (Wildman–Crippen MR) is 104 cm³/mol. The second-order valence-electron chi connectivity index (χ2n) is 6.94. The quantitative estimate of drug-likeness (QED) is 0.554. The highest BCUT2D eigenvalue weighted by Crippen LogP contribution is 2.23. The number of carbonyl (C=O) groups excluding carboxylic acids is 1. The molecule has 2 atom stereocenters. The van der Waals surface area contributed by atoms with Crippen LogP contribution in [0.3, 0.4) is 0 Å². The fourth-order valence-electron chi connectivity index (χ4n) is 3.69. The molecule has 0 unspecified atom stereocenters. The molecule has 26 heavy (non-hydrogen) atoms. The third-order valence-electron chi connectivity index (χ3n) is 5.19. The number of hydrogen-bond donors (Lipinski definition) is 3. The summed E-state index contributed by atoms with van der Waals surface area (Å²) in [5, 5.41) is 13.2. The predicted octanol–water partition coefficient (Wildman–Crippen LogP) is 2.51. The van der Waals surface area contributed by atoms with Crippen LogP contribution in [0.25, 0.3) is 10.9 Å². The van der Waals surface area contributed by atoms with Crippen molar-refractivity contribution < 1.29 is 9.90 Å². The van der Waals surface area contributed by atoms with Crippen LogP contribution in [0, 0.1) is 10.7 Å². The van der Waals surface area contributed by atoms with Gasteiger partial charge >= 0.3 is 0 Å².